The van der Waals surface area contributed by atoms with Crippen molar-refractivity contribution in [3.63, 3.8) is 0 Å². The maximum atomic E-state index is 14.6. The van der Waals surface area contributed by atoms with Crippen molar-refractivity contribution in [2.45, 2.75) is 57.1 Å². The number of nitrogens with zero attached hydrogens (tertiary/aromatic N) is 2. The van der Waals surface area contributed by atoms with Crippen LogP contribution in [0.15, 0.2) is 108 Å². The number of carbonyl (C=O) groups is 2. The van der Waals surface area contributed by atoms with Crippen molar-refractivity contribution in [1.82, 2.24) is 10.2 Å². The molecule has 4 aromatic rings. The standard InChI is InChI=1S/C36H40ClN3O5S/c1-5-27(3)38-36(42)34(22-28-12-7-6-8-13-28)39(24-29-14-9-10-17-33(29)37)35(41)25-40(30-15-11-16-31(23-30)45-4)46(43,44)32-20-18-26(2)19-21-32/h6-21,23,27,34H,5,22,24-25H2,1-4H3,(H,38,42)/t27-,34-/m1/s1. The average Bonchev–Trinajstić information content (AvgIpc) is 3.06. The first-order valence-corrected chi connectivity index (χ1v) is 17.0. The smallest absolute Gasteiger partial charge is 0.264 e. The lowest BCUT2D eigenvalue weighted by Gasteiger charge is -2.34. The monoisotopic (exact) mass is 661 g/mol. The van der Waals surface area contributed by atoms with Crippen LogP contribution in [0.25, 0.3) is 0 Å². The third-order valence-corrected chi connectivity index (χ3v) is 9.96. The van der Waals surface area contributed by atoms with Crippen LogP contribution < -0.4 is 14.4 Å². The molecule has 2 amide bonds. The zero-order chi connectivity index (χ0) is 33.3. The van der Waals surface area contributed by atoms with Crippen LogP contribution in [0.4, 0.5) is 5.69 Å². The number of hydrogen-bond donors (Lipinski definition) is 1. The Labute approximate surface area is 277 Å². The minimum atomic E-state index is -4.23. The molecule has 0 spiro atoms. The molecule has 0 aliphatic rings. The molecule has 0 heterocycles. The van der Waals surface area contributed by atoms with Gasteiger partial charge in [0.05, 0.1) is 17.7 Å². The second-order valence-corrected chi connectivity index (χ2v) is 13.4. The first-order chi connectivity index (χ1) is 22.0. The maximum Gasteiger partial charge on any atom is 0.264 e. The summed E-state index contributed by atoms with van der Waals surface area (Å²) in [6, 6.07) is 28.4. The van der Waals surface area contributed by atoms with Gasteiger partial charge in [0.1, 0.15) is 18.3 Å². The lowest BCUT2D eigenvalue weighted by molar-refractivity contribution is -0.140. The van der Waals surface area contributed by atoms with E-state index in [-0.39, 0.29) is 35.5 Å². The quantitative estimate of drug-likeness (QED) is 0.169. The van der Waals surface area contributed by atoms with E-state index in [2.05, 4.69) is 5.32 Å². The molecule has 0 unspecified atom stereocenters. The van der Waals surface area contributed by atoms with Gasteiger partial charge >= 0.3 is 0 Å². The molecule has 0 radical (unpaired) electrons. The highest BCUT2D eigenvalue weighted by Gasteiger charge is 2.35. The second-order valence-electron chi connectivity index (χ2n) is 11.2. The number of methoxy groups -OCH3 is 1. The first kappa shape index (κ1) is 34.5. The summed E-state index contributed by atoms with van der Waals surface area (Å²) in [4.78, 5) is 30.0. The molecule has 4 aromatic carbocycles. The van der Waals surface area contributed by atoms with Gasteiger partial charge in [-0.25, -0.2) is 8.42 Å². The Bertz CT molecular complexity index is 1730. The molecular weight excluding hydrogens is 622 g/mol. The van der Waals surface area contributed by atoms with Crippen molar-refractivity contribution < 1.29 is 22.7 Å². The SMILES string of the molecule is CC[C@@H](C)NC(=O)[C@@H](Cc1ccccc1)N(Cc1ccccc1Cl)C(=O)CN(c1cccc(OC)c1)S(=O)(=O)c1ccc(C)cc1. The van der Waals surface area contributed by atoms with Gasteiger partial charge in [0.25, 0.3) is 10.0 Å². The summed E-state index contributed by atoms with van der Waals surface area (Å²) in [6.45, 7) is 5.14. The molecule has 0 fully saturated rings. The van der Waals surface area contributed by atoms with Crippen LogP contribution in [-0.4, -0.2) is 50.9 Å². The molecule has 0 saturated heterocycles. The van der Waals surface area contributed by atoms with Crippen molar-refractivity contribution in [3.8, 4) is 5.75 Å². The van der Waals surface area contributed by atoms with Gasteiger partial charge in [-0.3, -0.25) is 13.9 Å². The molecule has 0 bridgehead atoms. The lowest BCUT2D eigenvalue weighted by Crippen LogP contribution is -2.54. The summed E-state index contributed by atoms with van der Waals surface area (Å²) in [5, 5.41) is 3.46. The van der Waals surface area contributed by atoms with Gasteiger partial charge in [0.2, 0.25) is 11.8 Å². The molecule has 46 heavy (non-hydrogen) atoms. The summed E-state index contributed by atoms with van der Waals surface area (Å²) in [5.41, 5.74) is 2.61. The Hall–Kier alpha value is -4.34. The van der Waals surface area contributed by atoms with Crippen molar-refractivity contribution in [3.05, 3.63) is 125 Å². The number of aryl methyl sites for hydroxylation is 1. The highest BCUT2D eigenvalue weighted by Crippen LogP contribution is 2.28. The van der Waals surface area contributed by atoms with Crippen molar-refractivity contribution in [2.24, 2.45) is 0 Å². The number of anilines is 1. The molecule has 2 atom stereocenters. The average molecular weight is 662 g/mol. The fourth-order valence-corrected chi connectivity index (χ4v) is 6.54. The number of halogens is 1. The fraction of sp³-hybridized carbons (Fsp3) is 0.278. The molecular formula is C36H40ClN3O5S. The molecule has 8 nitrogen and oxygen atoms in total. The third kappa shape index (κ3) is 8.68. The predicted molar refractivity (Wildman–Crippen MR) is 183 cm³/mol. The zero-order valence-electron chi connectivity index (χ0n) is 26.5. The third-order valence-electron chi connectivity index (χ3n) is 7.80. The molecule has 0 aromatic heterocycles. The largest absolute Gasteiger partial charge is 0.497 e. The number of nitrogens with one attached hydrogen (secondary N) is 1. The topological polar surface area (TPSA) is 96.0 Å². The number of benzene rings is 4. The predicted octanol–water partition coefficient (Wildman–Crippen LogP) is 6.41. The van der Waals surface area contributed by atoms with Crippen molar-refractivity contribution in [2.75, 3.05) is 18.0 Å². The minimum absolute atomic E-state index is 0.0134. The Morgan fingerprint density at radius 1 is 0.913 bits per heavy atom. The van der Waals surface area contributed by atoms with E-state index in [1.165, 1.54) is 24.1 Å². The molecule has 0 saturated carbocycles. The van der Waals surface area contributed by atoms with Gasteiger partial charge in [-0.1, -0.05) is 90.8 Å². The summed E-state index contributed by atoms with van der Waals surface area (Å²) >= 11 is 6.57. The van der Waals surface area contributed by atoms with Gasteiger partial charge in [0.15, 0.2) is 0 Å². The van der Waals surface area contributed by atoms with Gasteiger partial charge in [-0.05, 0) is 61.7 Å². The number of amides is 2. The van der Waals surface area contributed by atoms with E-state index in [4.69, 9.17) is 16.3 Å². The normalized spacial score (nSPS) is 12.5. The molecule has 1 N–H and O–H groups in total. The first-order valence-electron chi connectivity index (χ1n) is 15.1. The number of carbonyl (C=O) groups excluding carboxylic acids is 2. The Morgan fingerprint density at radius 2 is 1.59 bits per heavy atom. The van der Waals surface area contributed by atoms with E-state index in [9.17, 15) is 18.0 Å². The summed E-state index contributed by atoms with van der Waals surface area (Å²) < 4.78 is 34.9. The van der Waals surface area contributed by atoms with E-state index in [1.54, 1.807) is 60.7 Å². The zero-order valence-corrected chi connectivity index (χ0v) is 28.1. The van der Waals surface area contributed by atoms with Gasteiger partial charge in [-0.15, -0.1) is 0 Å². The van der Waals surface area contributed by atoms with Crippen LogP contribution in [0.5, 0.6) is 5.75 Å². The summed E-state index contributed by atoms with van der Waals surface area (Å²) in [6.07, 6.45) is 0.907. The number of ether oxygens (including phenoxy) is 1. The Morgan fingerprint density at radius 3 is 2.24 bits per heavy atom. The number of hydrogen-bond acceptors (Lipinski definition) is 5. The Balaban J connectivity index is 1.83. The molecule has 0 aliphatic carbocycles. The highest BCUT2D eigenvalue weighted by atomic mass is 35.5. The maximum absolute atomic E-state index is 14.6. The molecule has 10 heteroatoms. The number of sulfonamides is 1. The van der Waals surface area contributed by atoms with E-state index >= 15 is 0 Å². The minimum Gasteiger partial charge on any atom is -0.497 e. The van der Waals surface area contributed by atoms with Gasteiger partial charge in [-0.2, -0.15) is 0 Å². The number of rotatable bonds is 14. The van der Waals surface area contributed by atoms with Crippen LogP contribution in [-0.2, 0) is 32.6 Å². The summed E-state index contributed by atoms with van der Waals surface area (Å²) in [5.74, 6) is -0.483. The van der Waals surface area contributed by atoms with E-state index in [0.29, 0.717) is 22.8 Å². The van der Waals surface area contributed by atoms with Crippen LogP contribution in [0, 0.1) is 6.92 Å². The second kappa shape index (κ2) is 15.8. The van der Waals surface area contributed by atoms with Crippen LogP contribution in [0.2, 0.25) is 5.02 Å². The Kier molecular flexibility index (Phi) is 11.8. The highest BCUT2D eigenvalue weighted by molar-refractivity contribution is 7.92. The fourth-order valence-electron chi connectivity index (χ4n) is 4.94. The van der Waals surface area contributed by atoms with Crippen molar-refractivity contribution >= 4 is 39.1 Å². The van der Waals surface area contributed by atoms with E-state index in [0.717, 1.165) is 15.4 Å². The van der Waals surface area contributed by atoms with E-state index < -0.39 is 28.5 Å². The molecule has 242 valence electrons. The van der Waals surface area contributed by atoms with Gasteiger partial charge < -0.3 is 15.0 Å². The van der Waals surface area contributed by atoms with E-state index in [1.807, 2.05) is 51.1 Å². The van der Waals surface area contributed by atoms with Gasteiger partial charge in [0, 0.05) is 30.1 Å². The van der Waals surface area contributed by atoms with Crippen LogP contribution in [0.1, 0.15) is 37.0 Å². The molecule has 4 rings (SSSR count). The summed E-state index contributed by atoms with van der Waals surface area (Å²) in [7, 11) is -2.74. The van der Waals surface area contributed by atoms with Crippen LogP contribution in [0.3, 0.4) is 0 Å². The lowest BCUT2D eigenvalue weighted by atomic mass is 10.0. The van der Waals surface area contributed by atoms with Crippen molar-refractivity contribution in [1.29, 1.82) is 0 Å². The molecule has 0 aliphatic heterocycles. The van der Waals surface area contributed by atoms with Crippen LogP contribution >= 0.6 is 11.6 Å².